The summed E-state index contributed by atoms with van der Waals surface area (Å²) in [6, 6.07) is 3.97. The molecule has 1 saturated carbocycles. The summed E-state index contributed by atoms with van der Waals surface area (Å²) in [6.07, 6.45) is 1.92. The molecule has 0 radical (unpaired) electrons. The van der Waals surface area contributed by atoms with Crippen molar-refractivity contribution in [3.8, 4) is 0 Å². The second-order valence-electron chi connectivity index (χ2n) is 4.44. The average Bonchev–Trinajstić information content (AvgIpc) is 2.95. The molecule has 1 amide bonds. The lowest BCUT2D eigenvalue weighted by molar-refractivity contribution is -0.384. The highest BCUT2D eigenvalue weighted by Crippen LogP contribution is 2.34. The highest BCUT2D eigenvalue weighted by Gasteiger charge is 2.38. The van der Waals surface area contributed by atoms with Gasteiger partial charge in [0.05, 0.1) is 4.92 Å². The first-order valence-corrected chi connectivity index (χ1v) is 5.55. The number of carbonyl (C=O) groups excluding carboxylic acids is 1. The van der Waals surface area contributed by atoms with Gasteiger partial charge in [0.25, 0.3) is 11.6 Å². The second-order valence-corrected chi connectivity index (χ2v) is 4.85. The molecule has 0 saturated heterocycles. The minimum absolute atomic E-state index is 0.0244. The molecule has 90 valence electrons. The first-order valence-electron chi connectivity index (χ1n) is 5.18. The molecule has 0 spiro atoms. The van der Waals surface area contributed by atoms with Crippen LogP contribution in [0.1, 0.15) is 30.1 Å². The Bertz CT molecular complexity index is 497. The lowest BCUT2D eigenvalue weighted by Crippen LogP contribution is -2.34. The summed E-state index contributed by atoms with van der Waals surface area (Å²) in [7, 11) is 0. The molecule has 1 aliphatic rings. The minimum Gasteiger partial charge on any atom is -0.347 e. The zero-order valence-corrected chi connectivity index (χ0v) is 9.95. The van der Waals surface area contributed by atoms with E-state index in [-0.39, 0.29) is 22.2 Å². The summed E-state index contributed by atoms with van der Waals surface area (Å²) in [6.45, 7) is 1.96. The molecule has 0 unspecified atom stereocenters. The number of benzene rings is 1. The Morgan fingerprint density at radius 3 is 2.65 bits per heavy atom. The lowest BCUT2D eigenvalue weighted by atomic mass is 10.1. The third-order valence-corrected chi connectivity index (χ3v) is 3.12. The number of amides is 1. The number of nitro benzene ring substituents is 1. The van der Waals surface area contributed by atoms with E-state index in [1.807, 2.05) is 6.92 Å². The summed E-state index contributed by atoms with van der Waals surface area (Å²) in [5, 5.41) is 13.4. The molecule has 1 aromatic carbocycles. The van der Waals surface area contributed by atoms with Crippen LogP contribution in [0, 0.1) is 10.1 Å². The molecule has 5 nitrogen and oxygen atoms in total. The third kappa shape index (κ3) is 2.55. The van der Waals surface area contributed by atoms with Gasteiger partial charge < -0.3 is 5.32 Å². The number of rotatable bonds is 3. The van der Waals surface area contributed by atoms with Crippen molar-refractivity contribution >= 4 is 23.2 Å². The summed E-state index contributed by atoms with van der Waals surface area (Å²) in [5.74, 6) is -0.248. The Kier molecular flexibility index (Phi) is 2.79. The van der Waals surface area contributed by atoms with Crippen molar-refractivity contribution in [3.05, 3.63) is 38.9 Å². The van der Waals surface area contributed by atoms with Gasteiger partial charge in [-0.2, -0.15) is 0 Å². The fourth-order valence-corrected chi connectivity index (χ4v) is 1.70. The number of hydrogen-bond donors (Lipinski definition) is 1. The zero-order chi connectivity index (χ0) is 12.6. The van der Waals surface area contributed by atoms with E-state index in [4.69, 9.17) is 11.6 Å². The van der Waals surface area contributed by atoms with Crippen molar-refractivity contribution in [1.29, 1.82) is 0 Å². The van der Waals surface area contributed by atoms with Gasteiger partial charge in [-0.15, -0.1) is 0 Å². The van der Waals surface area contributed by atoms with Gasteiger partial charge in [0.1, 0.15) is 5.02 Å². The molecule has 1 N–H and O–H groups in total. The Balaban J connectivity index is 2.19. The van der Waals surface area contributed by atoms with E-state index in [2.05, 4.69) is 5.32 Å². The molecule has 0 aromatic heterocycles. The fraction of sp³-hybridized carbons (Fsp3) is 0.364. The molecule has 0 atom stereocenters. The predicted molar refractivity (Wildman–Crippen MR) is 63.2 cm³/mol. The average molecular weight is 255 g/mol. The number of carbonyl (C=O) groups is 1. The normalized spacial score (nSPS) is 16.4. The van der Waals surface area contributed by atoms with Crippen LogP contribution in [0.15, 0.2) is 18.2 Å². The maximum Gasteiger partial charge on any atom is 0.287 e. The molecule has 2 rings (SSSR count). The van der Waals surface area contributed by atoms with E-state index >= 15 is 0 Å². The van der Waals surface area contributed by atoms with Gasteiger partial charge in [0.2, 0.25) is 0 Å². The van der Waals surface area contributed by atoms with Gasteiger partial charge >= 0.3 is 0 Å². The Hall–Kier alpha value is -1.62. The molecular weight excluding hydrogens is 244 g/mol. The number of nitrogens with one attached hydrogen (secondary N) is 1. The van der Waals surface area contributed by atoms with Crippen molar-refractivity contribution in [3.63, 3.8) is 0 Å². The number of nitrogens with zero attached hydrogens (tertiary/aromatic N) is 1. The molecule has 6 heteroatoms. The second kappa shape index (κ2) is 4.00. The van der Waals surface area contributed by atoms with E-state index < -0.39 is 4.92 Å². The molecule has 1 aliphatic carbocycles. The molecule has 0 bridgehead atoms. The Labute approximate surface area is 103 Å². The smallest absolute Gasteiger partial charge is 0.287 e. The third-order valence-electron chi connectivity index (χ3n) is 2.82. The first-order chi connectivity index (χ1) is 7.91. The van der Waals surface area contributed by atoms with Crippen LogP contribution >= 0.6 is 11.6 Å². The van der Waals surface area contributed by atoms with E-state index in [9.17, 15) is 14.9 Å². The summed E-state index contributed by atoms with van der Waals surface area (Å²) in [4.78, 5) is 21.8. The van der Waals surface area contributed by atoms with Gasteiger partial charge in [0, 0.05) is 17.2 Å². The molecule has 0 aliphatic heterocycles. The topological polar surface area (TPSA) is 72.2 Å². The minimum atomic E-state index is -0.577. The fourth-order valence-electron chi connectivity index (χ4n) is 1.45. The van der Waals surface area contributed by atoms with Crippen LogP contribution in [-0.4, -0.2) is 16.4 Å². The van der Waals surface area contributed by atoms with Crippen LogP contribution in [0.2, 0.25) is 5.02 Å². The van der Waals surface area contributed by atoms with Crippen LogP contribution in [0.3, 0.4) is 0 Å². The zero-order valence-electron chi connectivity index (χ0n) is 9.20. The van der Waals surface area contributed by atoms with Crippen molar-refractivity contribution in [2.45, 2.75) is 25.3 Å². The van der Waals surface area contributed by atoms with Gasteiger partial charge in [-0.1, -0.05) is 11.6 Å². The Morgan fingerprint density at radius 1 is 1.53 bits per heavy atom. The molecule has 0 heterocycles. The number of halogens is 1. The van der Waals surface area contributed by atoms with Crippen LogP contribution in [0.25, 0.3) is 0 Å². The lowest BCUT2D eigenvalue weighted by Gasteiger charge is -2.11. The molecular formula is C11H11ClN2O3. The van der Waals surface area contributed by atoms with E-state index in [1.54, 1.807) is 0 Å². The highest BCUT2D eigenvalue weighted by molar-refractivity contribution is 6.33. The van der Waals surface area contributed by atoms with Crippen molar-refractivity contribution < 1.29 is 9.72 Å². The van der Waals surface area contributed by atoms with Gasteiger partial charge in [-0.3, -0.25) is 14.9 Å². The maximum atomic E-state index is 11.8. The molecule has 17 heavy (non-hydrogen) atoms. The van der Waals surface area contributed by atoms with E-state index in [0.717, 1.165) is 12.8 Å². The molecule has 1 fully saturated rings. The largest absolute Gasteiger partial charge is 0.347 e. The van der Waals surface area contributed by atoms with Gasteiger partial charge in [-0.25, -0.2) is 0 Å². The van der Waals surface area contributed by atoms with Gasteiger partial charge in [0.15, 0.2) is 0 Å². The standard InChI is InChI=1S/C11H11ClN2O3/c1-11(4-5-11)13-10(15)7-2-3-9(14(16)17)8(12)6-7/h2-3,6H,4-5H2,1H3,(H,13,15). The van der Waals surface area contributed by atoms with Crippen molar-refractivity contribution in [2.24, 2.45) is 0 Å². The quantitative estimate of drug-likeness (QED) is 0.665. The first kappa shape index (κ1) is 11.9. The predicted octanol–water partition coefficient (Wildman–Crippen LogP) is 2.53. The van der Waals surface area contributed by atoms with Crippen molar-refractivity contribution in [1.82, 2.24) is 5.32 Å². The van der Waals surface area contributed by atoms with E-state index in [1.165, 1.54) is 18.2 Å². The highest BCUT2D eigenvalue weighted by atomic mass is 35.5. The monoisotopic (exact) mass is 254 g/mol. The number of nitro groups is 1. The van der Waals surface area contributed by atoms with Crippen LogP contribution in [0.4, 0.5) is 5.69 Å². The van der Waals surface area contributed by atoms with E-state index in [0.29, 0.717) is 5.56 Å². The maximum absolute atomic E-state index is 11.8. The van der Waals surface area contributed by atoms with Crippen LogP contribution in [-0.2, 0) is 0 Å². The Morgan fingerprint density at radius 2 is 2.18 bits per heavy atom. The van der Waals surface area contributed by atoms with Crippen molar-refractivity contribution in [2.75, 3.05) is 0 Å². The summed E-state index contributed by atoms with van der Waals surface area (Å²) >= 11 is 5.73. The summed E-state index contributed by atoms with van der Waals surface area (Å²) in [5.41, 5.74) is 0.0280. The van der Waals surface area contributed by atoms with Crippen LogP contribution < -0.4 is 5.32 Å². The SMILES string of the molecule is CC1(NC(=O)c2ccc([N+](=O)[O-])c(Cl)c2)CC1. The number of hydrogen-bond acceptors (Lipinski definition) is 3. The van der Waals surface area contributed by atoms with Gasteiger partial charge in [-0.05, 0) is 31.9 Å². The molecule has 1 aromatic rings. The summed E-state index contributed by atoms with van der Waals surface area (Å²) < 4.78 is 0. The van der Waals surface area contributed by atoms with Crippen LogP contribution in [0.5, 0.6) is 0 Å².